The van der Waals surface area contributed by atoms with Crippen LogP contribution in [0.25, 0.3) is 0 Å². The third-order valence-corrected chi connectivity index (χ3v) is 8.75. The Bertz CT molecular complexity index is 1380. The summed E-state index contributed by atoms with van der Waals surface area (Å²) < 4.78 is 5.71. The standard InChI is InChI=1S/C29H31ClN4O5/c1-16-19(12-33-14-22-11-21(33)15-39-22)9-20(10-24(16)30)31-26(35)6-3-17-2-4-18-13-34(29(38)23(18)8-17)25-5-7-27(36)32-28(25)37/h2,4,8-10,21-22,25H,3,5-7,11-15H2,1H3,(H,31,35)(H,32,36,37). The molecule has 3 unspecified atom stereocenters. The molecule has 9 nitrogen and oxygen atoms in total. The minimum Gasteiger partial charge on any atom is -0.375 e. The van der Waals surface area contributed by atoms with E-state index in [4.69, 9.17) is 16.3 Å². The van der Waals surface area contributed by atoms with E-state index in [1.54, 1.807) is 6.07 Å². The van der Waals surface area contributed by atoms with Crippen LogP contribution in [0.1, 0.15) is 58.3 Å². The normalized spacial score (nSPS) is 24.3. The number of nitrogens with zero attached hydrogens (tertiary/aromatic N) is 2. The van der Waals surface area contributed by atoms with Gasteiger partial charge in [0.1, 0.15) is 6.04 Å². The topological polar surface area (TPSA) is 108 Å². The van der Waals surface area contributed by atoms with Gasteiger partial charge in [0.25, 0.3) is 5.91 Å². The van der Waals surface area contributed by atoms with Crippen molar-refractivity contribution >= 4 is 40.9 Å². The molecule has 204 valence electrons. The first kappa shape index (κ1) is 26.0. The van der Waals surface area contributed by atoms with Crippen molar-refractivity contribution in [3.8, 4) is 0 Å². The number of carbonyl (C=O) groups excluding carboxylic acids is 4. The molecular formula is C29H31ClN4O5. The van der Waals surface area contributed by atoms with Gasteiger partial charge >= 0.3 is 0 Å². The number of halogens is 1. The molecule has 10 heteroatoms. The summed E-state index contributed by atoms with van der Waals surface area (Å²) in [6.45, 7) is 4.82. The smallest absolute Gasteiger partial charge is 0.255 e. The highest BCUT2D eigenvalue weighted by molar-refractivity contribution is 6.31. The van der Waals surface area contributed by atoms with Crippen LogP contribution in [0.15, 0.2) is 30.3 Å². The molecule has 3 saturated heterocycles. The van der Waals surface area contributed by atoms with Gasteiger partial charge in [-0.3, -0.25) is 29.4 Å². The summed E-state index contributed by atoms with van der Waals surface area (Å²) in [4.78, 5) is 53.6. The van der Waals surface area contributed by atoms with Gasteiger partial charge in [-0.25, -0.2) is 0 Å². The predicted molar refractivity (Wildman–Crippen MR) is 144 cm³/mol. The zero-order valence-corrected chi connectivity index (χ0v) is 22.6. The van der Waals surface area contributed by atoms with Crippen molar-refractivity contribution in [3.05, 3.63) is 63.2 Å². The van der Waals surface area contributed by atoms with Gasteiger partial charge in [0.05, 0.1) is 12.7 Å². The van der Waals surface area contributed by atoms with Crippen LogP contribution in [-0.2, 0) is 38.6 Å². The van der Waals surface area contributed by atoms with Gasteiger partial charge in [0.15, 0.2) is 0 Å². The molecule has 0 spiro atoms. The van der Waals surface area contributed by atoms with E-state index in [0.29, 0.717) is 47.8 Å². The number of imide groups is 1. The van der Waals surface area contributed by atoms with E-state index in [-0.39, 0.29) is 30.6 Å². The lowest BCUT2D eigenvalue weighted by atomic mass is 10.0. The second-order valence-corrected chi connectivity index (χ2v) is 11.4. The first-order valence-corrected chi connectivity index (χ1v) is 13.8. The Balaban J connectivity index is 1.07. The maximum atomic E-state index is 13.1. The monoisotopic (exact) mass is 550 g/mol. The van der Waals surface area contributed by atoms with Gasteiger partial charge in [-0.1, -0.05) is 23.7 Å². The molecule has 39 heavy (non-hydrogen) atoms. The highest BCUT2D eigenvalue weighted by Crippen LogP contribution is 2.32. The molecule has 4 aliphatic heterocycles. The molecular weight excluding hydrogens is 520 g/mol. The Hall–Kier alpha value is -3.27. The third kappa shape index (κ3) is 5.18. The third-order valence-electron chi connectivity index (χ3n) is 8.36. The molecule has 2 N–H and O–H groups in total. The number of morpholine rings is 1. The molecule has 4 heterocycles. The number of aryl methyl sites for hydroxylation is 1. The minimum absolute atomic E-state index is 0.133. The number of piperidine rings is 1. The summed E-state index contributed by atoms with van der Waals surface area (Å²) in [5.41, 5.74) is 5.06. The summed E-state index contributed by atoms with van der Waals surface area (Å²) in [7, 11) is 0. The number of anilines is 1. The van der Waals surface area contributed by atoms with Crippen LogP contribution in [0, 0.1) is 6.92 Å². The van der Waals surface area contributed by atoms with E-state index in [1.165, 1.54) is 4.90 Å². The molecule has 0 aliphatic carbocycles. The van der Waals surface area contributed by atoms with Gasteiger partial charge in [-0.05, 0) is 66.6 Å². The van der Waals surface area contributed by atoms with E-state index < -0.39 is 11.9 Å². The van der Waals surface area contributed by atoms with Crippen molar-refractivity contribution in [3.63, 3.8) is 0 Å². The first-order chi connectivity index (χ1) is 18.7. The number of carbonyl (C=O) groups is 4. The number of hydrogen-bond acceptors (Lipinski definition) is 6. The number of amides is 4. The Morgan fingerprint density at radius 1 is 1.21 bits per heavy atom. The average molecular weight is 551 g/mol. The summed E-state index contributed by atoms with van der Waals surface area (Å²) in [6, 6.07) is 9.21. The molecule has 3 atom stereocenters. The van der Waals surface area contributed by atoms with Gasteiger partial charge in [0.2, 0.25) is 17.7 Å². The molecule has 0 saturated carbocycles. The molecule has 0 radical (unpaired) electrons. The highest BCUT2D eigenvalue weighted by Gasteiger charge is 2.40. The first-order valence-electron chi connectivity index (χ1n) is 13.5. The average Bonchev–Trinajstić information content (AvgIpc) is 3.61. The van der Waals surface area contributed by atoms with Crippen LogP contribution in [-0.4, -0.2) is 64.8 Å². The predicted octanol–water partition coefficient (Wildman–Crippen LogP) is 2.95. The summed E-state index contributed by atoms with van der Waals surface area (Å²) in [5, 5.41) is 5.93. The van der Waals surface area contributed by atoms with Crippen molar-refractivity contribution in [1.29, 1.82) is 0 Å². The van der Waals surface area contributed by atoms with Gasteiger partial charge in [-0.15, -0.1) is 0 Å². The van der Waals surface area contributed by atoms with Crippen molar-refractivity contribution in [2.45, 2.75) is 70.3 Å². The van der Waals surface area contributed by atoms with Crippen molar-refractivity contribution in [2.24, 2.45) is 0 Å². The van der Waals surface area contributed by atoms with E-state index >= 15 is 0 Å². The maximum Gasteiger partial charge on any atom is 0.255 e. The van der Waals surface area contributed by atoms with E-state index in [9.17, 15) is 19.2 Å². The van der Waals surface area contributed by atoms with E-state index in [1.807, 2.05) is 31.2 Å². The van der Waals surface area contributed by atoms with Crippen molar-refractivity contribution in [2.75, 3.05) is 18.5 Å². The number of nitrogens with one attached hydrogen (secondary N) is 2. The van der Waals surface area contributed by atoms with Gasteiger partial charge < -0.3 is 15.0 Å². The quantitative estimate of drug-likeness (QED) is 0.513. The zero-order chi connectivity index (χ0) is 27.3. The van der Waals surface area contributed by atoms with Gasteiger partial charge in [-0.2, -0.15) is 0 Å². The van der Waals surface area contributed by atoms with E-state index in [0.717, 1.165) is 48.4 Å². The zero-order valence-electron chi connectivity index (χ0n) is 21.8. The summed E-state index contributed by atoms with van der Waals surface area (Å²) in [5.74, 6) is -1.08. The molecule has 6 rings (SSSR count). The Morgan fingerprint density at radius 2 is 2.05 bits per heavy atom. The fourth-order valence-electron chi connectivity index (χ4n) is 6.10. The number of benzene rings is 2. The van der Waals surface area contributed by atoms with Crippen LogP contribution in [0.2, 0.25) is 5.02 Å². The number of hydrogen-bond donors (Lipinski definition) is 2. The molecule has 0 aromatic heterocycles. The van der Waals surface area contributed by atoms with E-state index in [2.05, 4.69) is 15.5 Å². The fraction of sp³-hybridized carbons (Fsp3) is 0.448. The number of likely N-dealkylation sites (tertiary alicyclic amines) is 1. The van der Waals surface area contributed by atoms with Crippen LogP contribution in [0.5, 0.6) is 0 Å². The van der Waals surface area contributed by atoms with Crippen LogP contribution >= 0.6 is 11.6 Å². The molecule has 4 amide bonds. The van der Waals surface area contributed by atoms with Crippen LogP contribution in [0.3, 0.4) is 0 Å². The molecule has 2 aromatic rings. The van der Waals surface area contributed by atoms with Crippen LogP contribution < -0.4 is 10.6 Å². The SMILES string of the molecule is Cc1c(Cl)cc(NC(=O)CCc2ccc3c(c2)C(=O)N(C2CCC(=O)NC2=O)C3)cc1CN1CC2CC1CO2. The number of ether oxygens (including phenoxy) is 1. The van der Waals surface area contributed by atoms with Crippen molar-refractivity contribution in [1.82, 2.24) is 15.1 Å². The molecule has 2 aromatic carbocycles. The largest absolute Gasteiger partial charge is 0.375 e. The second kappa shape index (κ2) is 10.4. The molecule has 3 fully saturated rings. The Labute approximate surface area is 231 Å². The highest BCUT2D eigenvalue weighted by atomic mass is 35.5. The maximum absolute atomic E-state index is 13.1. The number of rotatable bonds is 7. The van der Waals surface area contributed by atoms with Crippen LogP contribution in [0.4, 0.5) is 5.69 Å². The fourth-order valence-corrected chi connectivity index (χ4v) is 6.34. The second-order valence-electron chi connectivity index (χ2n) is 11.0. The minimum atomic E-state index is -0.642. The number of fused-ring (bicyclic) bond motifs is 3. The lowest BCUT2D eigenvalue weighted by molar-refractivity contribution is -0.137. The Morgan fingerprint density at radius 3 is 2.79 bits per heavy atom. The molecule has 2 bridgehead atoms. The Kier molecular flexibility index (Phi) is 6.91. The van der Waals surface area contributed by atoms with Gasteiger partial charge in [0, 0.05) is 54.8 Å². The molecule has 4 aliphatic rings. The van der Waals surface area contributed by atoms with Crippen molar-refractivity contribution < 1.29 is 23.9 Å². The summed E-state index contributed by atoms with van der Waals surface area (Å²) in [6.07, 6.45) is 2.66. The lowest BCUT2D eigenvalue weighted by Crippen LogP contribution is -2.52. The lowest BCUT2D eigenvalue weighted by Gasteiger charge is -2.29. The summed E-state index contributed by atoms with van der Waals surface area (Å²) >= 11 is 6.52.